The number of hydrogen-bond donors (Lipinski definition) is 3. The molecule has 1 aliphatic heterocycles. The first-order chi connectivity index (χ1) is 36.2. The van der Waals surface area contributed by atoms with Crippen LogP contribution >= 0.6 is 0 Å². The predicted octanol–water partition coefficient (Wildman–Crippen LogP) is 12.6. The van der Waals surface area contributed by atoms with E-state index in [2.05, 4.69) is 49.2 Å². The Hall–Kier alpha value is -6.09. The average molecular weight is 1020 g/mol. The van der Waals surface area contributed by atoms with Gasteiger partial charge in [0.25, 0.3) is 5.69 Å². The molecule has 1 heterocycles. The summed E-state index contributed by atoms with van der Waals surface area (Å²) in [6, 6.07) is 25.3. The number of aliphatic hydroxyl groups is 2. The number of aliphatic hydroxyl groups excluding tert-OH is 2. The zero-order valence-electron chi connectivity index (χ0n) is 43.6. The number of rotatable bonds is 30. The summed E-state index contributed by atoms with van der Waals surface area (Å²) in [4.78, 5) is 47.9. The second kappa shape index (κ2) is 28.0. The molecule has 14 heteroatoms. The minimum Gasteiger partial charge on any atom is -0.459 e. The molecule has 0 aromatic heterocycles. The molecule has 0 radical (unpaired) electrons. The molecule has 3 aliphatic rings. The molecule has 14 nitrogen and oxygen atoms in total. The summed E-state index contributed by atoms with van der Waals surface area (Å²) in [5, 5.41) is 41.5. The second-order valence-corrected chi connectivity index (χ2v) is 20.1. The van der Waals surface area contributed by atoms with Crippen LogP contribution in [0.5, 0.6) is 11.5 Å². The number of amides is 2. The number of non-ortho nitro benzene ring substituents is 1. The maximum Gasteiger partial charge on any atom is 0.412 e. The van der Waals surface area contributed by atoms with Gasteiger partial charge in [-0.05, 0) is 109 Å². The van der Waals surface area contributed by atoms with Crippen LogP contribution in [0.1, 0.15) is 146 Å². The van der Waals surface area contributed by atoms with Crippen molar-refractivity contribution in [1.29, 1.82) is 0 Å². The van der Waals surface area contributed by atoms with E-state index in [1.165, 1.54) is 44.2 Å². The number of allylic oxidation sites excluding steroid dienone is 1. The van der Waals surface area contributed by atoms with Crippen LogP contribution < -0.4 is 14.8 Å². The smallest absolute Gasteiger partial charge is 0.412 e. The fraction of sp³-hybridized carbons (Fsp3) is 0.517. The van der Waals surface area contributed by atoms with Crippen molar-refractivity contribution in [3.05, 3.63) is 136 Å². The largest absolute Gasteiger partial charge is 0.459 e. The summed E-state index contributed by atoms with van der Waals surface area (Å²) >= 11 is 0. The zero-order chi connectivity index (χ0) is 52.3. The van der Waals surface area contributed by atoms with Crippen molar-refractivity contribution in [3.8, 4) is 11.5 Å². The minimum absolute atomic E-state index is 0.0241. The third-order valence-electron chi connectivity index (χ3n) is 15.1. The van der Waals surface area contributed by atoms with E-state index in [0.717, 1.165) is 78.8 Å². The Morgan fingerprint density at radius 1 is 0.892 bits per heavy atom. The third kappa shape index (κ3) is 13.8. The highest BCUT2D eigenvalue weighted by Crippen LogP contribution is 2.62. The number of nitrogens with zero attached hydrogens (tertiary/aromatic N) is 3. The molecule has 2 aliphatic carbocycles. The van der Waals surface area contributed by atoms with Crippen LogP contribution in [-0.2, 0) is 27.5 Å². The summed E-state index contributed by atoms with van der Waals surface area (Å²) < 4.78 is 20.7. The highest BCUT2D eigenvalue weighted by Gasteiger charge is 2.65. The van der Waals surface area contributed by atoms with E-state index in [9.17, 15) is 25.1 Å². The number of benzene rings is 4. The fourth-order valence-electron chi connectivity index (χ4n) is 11.6. The molecule has 1 fully saturated rings. The van der Waals surface area contributed by atoms with Gasteiger partial charge in [0.2, 0.25) is 11.7 Å². The lowest BCUT2D eigenvalue weighted by atomic mass is 9.55. The van der Waals surface area contributed by atoms with Gasteiger partial charge in [0.05, 0.1) is 23.2 Å². The zero-order valence-corrected chi connectivity index (χ0v) is 43.6. The van der Waals surface area contributed by atoms with E-state index in [1.807, 2.05) is 42.2 Å². The Labute approximate surface area is 437 Å². The number of hydrogen-bond acceptors (Lipinski definition) is 11. The predicted molar refractivity (Wildman–Crippen MR) is 289 cm³/mol. The van der Waals surface area contributed by atoms with Gasteiger partial charge in [-0.3, -0.25) is 14.9 Å². The lowest BCUT2D eigenvalue weighted by Gasteiger charge is -2.60. The standard InChI is InChI=1S/C60H78N4O10/c1-4-7-8-9-10-11-12-13-14-28-56(67)63(41-46-25-21-24-44-22-15-16-26-49(44)46)55-40-53(62-72-42-43-29-31-47(32-30-43)64(69)70)51-38-45(23-17-19-35-65)50(27-18-20-36-66)57-52-39-48(73-59(68)61-6-3)33-34-54(52)74-60(55,58(51)57)71-37-5-2/h5,15-16,21-22,24-26,29-34,38-39,45,50,55,57-58,65-66H,2,4,6-14,17-20,23,27-28,35-37,40-42H2,1,3H3,(H,61,68). The van der Waals surface area contributed by atoms with Crippen LogP contribution in [0.15, 0.2) is 114 Å². The van der Waals surface area contributed by atoms with Crippen molar-refractivity contribution >= 4 is 34.2 Å². The van der Waals surface area contributed by atoms with E-state index >= 15 is 4.79 Å². The number of nitro groups is 1. The van der Waals surface area contributed by atoms with E-state index in [4.69, 9.17) is 24.2 Å². The Morgan fingerprint density at radius 2 is 1.61 bits per heavy atom. The van der Waals surface area contributed by atoms with E-state index in [0.29, 0.717) is 48.6 Å². The maximum absolute atomic E-state index is 15.6. The first-order valence-corrected chi connectivity index (χ1v) is 27.3. The average Bonchev–Trinajstić information content (AvgIpc) is 3.40. The van der Waals surface area contributed by atoms with Crippen LogP contribution in [0.2, 0.25) is 0 Å². The summed E-state index contributed by atoms with van der Waals surface area (Å²) in [7, 11) is 0. The van der Waals surface area contributed by atoms with Gasteiger partial charge in [-0.25, -0.2) is 4.79 Å². The molecule has 74 heavy (non-hydrogen) atoms. The van der Waals surface area contributed by atoms with E-state index in [-0.39, 0.29) is 68.7 Å². The molecule has 6 atom stereocenters. The Kier molecular flexibility index (Phi) is 21.0. The number of unbranched alkanes of at least 4 members (excludes halogenated alkanes) is 10. The molecule has 4 aromatic rings. The van der Waals surface area contributed by atoms with Gasteiger partial charge in [-0.15, -0.1) is 6.58 Å². The number of carbonyl (C=O) groups excluding carboxylic acids is 2. The highest BCUT2D eigenvalue weighted by molar-refractivity contribution is 6.03. The minimum atomic E-state index is -1.50. The lowest BCUT2D eigenvalue weighted by Crippen LogP contribution is -2.70. The van der Waals surface area contributed by atoms with Crippen molar-refractivity contribution in [2.75, 3.05) is 26.4 Å². The highest BCUT2D eigenvalue weighted by atomic mass is 16.7. The van der Waals surface area contributed by atoms with Crippen molar-refractivity contribution in [1.82, 2.24) is 10.2 Å². The molecule has 0 spiro atoms. The van der Waals surface area contributed by atoms with E-state index < -0.39 is 28.8 Å². The SMILES string of the molecule is C=CCOC12Oc3ccc(OC(=O)NCC)cc3C3C(CCCCO)C(CCCCO)C=C(C(=NOCc4ccc([N+](=O)[O-])cc4)CC1N(Cc1cccc4ccccc14)C(=O)CCCCCCCCCCC)C32. The molecule has 7 rings (SSSR count). The number of ether oxygens (including phenoxy) is 3. The molecular weight excluding hydrogens is 937 g/mol. The molecule has 6 unspecified atom stereocenters. The van der Waals surface area contributed by atoms with Gasteiger partial charge in [0, 0.05) is 62.8 Å². The summed E-state index contributed by atoms with van der Waals surface area (Å²) in [5.74, 6) is -1.62. The van der Waals surface area contributed by atoms with Gasteiger partial charge in [0.1, 0.15) is 24.1 Å². The van der Waals surface area contributed by atoms with Gasteiger partial charge in [0.15, 0.2) is 0 Å². The summed E-state index contributed by atoms with van der Waals surface area (Å²) in [6.45, 7) is 9.05. The Morgan fingerprint density at radius 3 is 2.32 bits per heavy atom. The second-order valence-electron chi connectivity index (χ2n) is 20.1. The third-order valence-corrected chi connectivity index (χ3v) is 15.1. The topological polar surface area (TPSA) is 182 Å². The molecule has 398 valence electrons. The van der Waals surface area contributed by atoms with Gasteiger partial charge < -0.3 is 39.5 Å². The lowest BCUT2D eigenvalue weighted by molar-refractivity contribution is -0.384. The molecule has 0 bridgehead atoms. The van der Waals surface area contributed by atoms with Crippen LogP contribution in [0.3, 0.4) is 0 Å². The fourth-order valence-corrected chi connectivity index (χ4v) is 11.6. The number of nitrogens with one attached hydrogen (secondary N) is 1. The van der Waals surface area contributed by atoms with Crippen LogP contribution in [0.25, 0.3) is 10.8 Å². The van der Waals surface area contributed by atoms with Crippen LogP contribution in [-0.4, -0.2) is 75.9 Å². The molecule has 3 N–H and O–H groups in total. The normalized spacial score (nSPS) is 21.2. The molecular formula is C60H78N4O10. The van der Waals surface area contributed by atoms with Gasteiger partial charge in [-0.1, -0.05) is 131 Å². The van der Waals surface area contributed by atoms with Crippen molar-refractivity contribution < 1.29 is 43.8 Å². The molecule has 1 saturated carbocycles. The Balaban J connectivity index is 1.40. The Bertz CT molecular complexity index is 2540. The summed E-state index contributed by atoms with van der Waals surface area (Å²) in [5.41, 5.74) is 3.97. The first-order valence-electron chi connectivity index (χ1n) is 27.3. The number of nitro benzene ring substituents is 1. The number of oxime groups is 1. The van der Waals surface area contributed by atoms with Gasteiger partial charge in [-0.2, -0.15) is 0 Å². The molecule has 4 aromatic carbocycles. The molecule has 2 amide bonds. The van der Waals surface area contributed by atoms with Crippen molar-refractivity contribution in [2.45, 2.75) is 154 Å². The number of fused-ring (bicyclic) bond motifs is 3. The first kappa shape index (κ1) is 55.7. The van der Waals surface area contributed by atoms with E-state index in [1.54, 1.807) is 24.3 Å². The maximum atomic E-state index is 15.6. The van der Waals surface area contributed by atoms with Crippen molar-refractivity contribution in [2.24, 2.45) is 22.9 Å². The van der Waals surface area contributed by atoms with Crippen molar-refractivity contribution in [3.63, 3.8) is 0 Å². The number of carbonyl (C=O) groups is 2. The van der Waals surface area contributed by atoms with Gasteiger partial charge >= 0.3 is 6.09 Å². The summed E-state index contributed by atoms with van der Waals surface area (Å²) in [6.07, 6.45) is 18.2. The van der Waals surface area contributed by atoms with Crippen LogP contribution in [0, 0.1) is 27.9 Å². The quantitative estimate of drug-likeness (QED) is 0.0197. The van der Waals surface area contributed by atoms with Crippen LogP contribution in [0.4, 0.5) is 10.5 Å². The monoisotopic (exact) mass is 1010 g/mol. The molecule has 0 saturated heterocycles.